The zero-order valence-corrected chi connectivity index (χ0v) is 24.1. The second kappa shape index (κ2) is 10.3. The van der Waals surface area contributed by atoms with Crippen LogP contribution in [0.3, 0.4) is 0 Å². The number of hydrogen-bond acceptors (Lipinski definition) is 10. The Morgan fingerprint density at radius 3 is 2.25 bits per heavy atom. The first-order valence-corrected chi connectivity index (χ1v) is 13.6. The summed E-state index contributed by atoms with van der Waals surface area (Å²) in [6.45, 7) is 10.4. The summed E-state index contributed by atoms with van der Waals surface area (Å²) < 4.78 is 22.3. The van der Waals surface area contributed by atoms with Gasteiger partial charge in [0.05, 0.1) is 12.0 Å². The summed E-state index contributed by atoms with van der Waals surface area (Å²) in [5.74, 6) is -3.73. The molecule has 0 heterocycles. The van der Waals surface area contributed by atoms with Gasteiger partial charge in [0.2, 0.25) is 0 Å². The minimum Gasteiger partial charge on any atom is -0.465 e. The fourth-order valence-corrected chi connectivity index (χ4v) is 7.29. The van der Waals surface area contributed by atoms with Crippen molar-refractivity contribution in [2.24, 2.45) is 28.6 Å². The molecule has 10 nitrogen and oxygen atoms in total. The lowest BCUT2D eigenvalue weighted by Gasteiger charge is -2.47. The molecule has 0 aromatic heterocycles. The van der Waals surface area contributed by atoms with Crippen LogP contribution in [0.2, 0.25) is 0 Å². The second-order valence-electron chi connectivity index (χ2n) is 11.8. The highest BCUT2D eigenvalue weighted by molar-refractivity contribution is 5.95. The van der Waals surface area contributed by atoms with Gasteiger partial charge in [-0.15, -0.1) is 0 Å². The van der Waals surface area contributed by atoms with Crippen LogP contribution < -0.4 is 0 Å². The van der Waals surface area contributed by atoms with Crippen molar-refractivity contribution in [1.82, 2.24) is 0 Å². The van der Waals surface area contributed by atoms with Crippen molar-refractivity contribution in [3.05, 3.63) is 34.9 Å². The number of allylic oxidation sites excluding steroid dienone is 2. The van der Waals surface area contributed by atoms with Gasteiger partial charge in [-0.1, -0.05) is 25.2 Å². The lowest BCUT2D eigenvalue weighted by Crippen LogP contribution is -2.64. The standard InChI is InChI=1S/C30H38O10/c1-8-15(2)27(35)40-25-16(3)12-29-10-9-22-23(28(22,7)14-38-18(5)32)21(24(29)34)11-20(13-37-17(4)31)26(30(25,29)36)39-19(6)33/h8,11-12,21-23,25-26,36H,9-10,13-14H2,1-7H3/b15-8+/t21-,22+,23-,25-,26+,28?,29+,30+/m0/s1. The maximum atomic E-state index is 14.6. The molecule has 0 aromatic rings. The van der Waals surface area contributed by atoms with Crippen LogP contribution in [0.5, 0.6) is 0 Å². The molecule has 4 aliphatic carbocycles. The minimum absolute atomic E-state index is 0.00139. The van der Waals surface area contributed by atoms with Crippen LogP contribution >= 0.6 is 0 Å². The van der Waals surface area contributed by atoms with Crippen LogP contribution in [0.4, 0.5) is 0 Å². The molecule has 218 valence electrons. The average molecular weight is 559 g/mol. The van der Waals surface area contributed by atoms with Crippen molar-refractivity contribution in [3.63, 3.8) is 0 Å². The summed E-state index contributed by atoms with van der Waals surface area (Å²) in [4.78, 5) is 63.5. The van der Waals surface area contributed by atoms with E-state index in [-0.39, 0.29) is 42.8 Å². The topological polar surface area (TPSA) is 143 Å². The van der Waals surface area contributed by atoms with Crippen LogP contribution in [-0.2, 0) is 42.9 Å². The van der Waals surface area contributed by atoms with Gasteiger partial charge in [0.15, 0.2) is 23.6 Å². The van der Waals surface area contributed by atoms with Gasteiger partial charge < -0.3 is 24.1 Å². The molecule has 0 aromatic carbocycles. The molecule has 2 fully saturated rings. The van der Waals surface area contributed by atoms with Crippen molar-refractivity contribution >= 4 is 29.7 Å². The zero-order valence-electron chi connectivity index (χ0n) is 24.1. The number of esters is 4. The maximum Gasteiger partial charge on any atom is 0.334 e. The predicted molar refractivity (Wildman–Crippen MR) is 140 cm³/mol. The van der Waals surface area contributed by atoms with Crippen LogP contribution in [0.1, 0.15) is 61.3 Å². The van der Waals surface area contributed by atoms with Gasteiger partial charge in [-0.05, 0) is 51.0 Å². The van der Waals surface area contributed by atoms with E-state index in [1.54, 1.807) is 39.0 Å². The molecule has 0 radical (unpaired) electrons. The molecule has 1 N–H and O–H groups in total. The summed E-state index contributed by atoms with van der Waals surface area (Å²) in [6.07, 6.45) is 2.82. The summed E-state index contributed by atoms with van der Waals surface area (Å²) in [6, 6.07) is 0. The Kier molecular flexibility index (Phi) is 7.64. The SMILES string of the molecule is C/C=C(\C)C(=O)O[C@H]1C(C)=C[C@@]23CC[C@@H]4[C@H]([C@H](C=C(COC(C)=O)[C@@H](OC(C)=O)[C@]12O)C3=O)C4(C)COC(C)=O. The van der Waals surface area contributed by atoms with Crippen LogP contribution in [0.25, 0.3) is 0 Å². The van der Waals surface area contributed by atoms with Gasteiger partial charge in [0, 0.05) is 43.3 Å². The van der Waals surface area contributed by atoms with E-state index in [9.17, 15) is 29.1 Å². The maximum absolute atomic E-state index is 14.6. The van der Waals surface area contributed by atoms with Crippen molar-refractivity contribution < 1.29 is 48.0 Å². The highest BCUT2D eigenvalue weighted by Crippen LogP contribution is 2.71. The number of hydrogen-bond donors (Lipinski definition) is 1. The average Bonchev–Trinajstić information content (AvgIpc) is 3.45. The summed E-state index contributed by atoms with van der Waals surface area (Å²) in [5, 5.41) is 12.8. The fourth-order valence-electron chi connectivity index (χ4n) is 7.29. The quantitative estimate of drug-likeness (QED) is 0.214. The van der Waals surface area contributed by atoms with Crippen LogP contribution in [-0.4, -0.2) is 65.8 Å². The molecule has 0 aliphatic heterocycles. The highest BCUT2D eigenvalue weighted by atomic mass is 16.6. The first-order chi connectivity index (χ1) is 18.6. The van der Waals surface area contributed by atoms with Crippen LogP contribution in [0.15, 0.2) is 34.9 Å². The number of Topliss-reactive ketones (excluding diaryl/α,β-unsaturated/α-hetero) is 1. The fraction of sp³-hybridized carbons (Fsp3) is 0.633. The number of fused-ring (bicyclic) bond motifs is 3. The number of ketones is 1. The Bertz CT molecular complexity index is 1240. The van der Waals surface area contributed by atoms with Gasteiger partial charge in [-0.25, -0.2) is 4.79 Å². The normalized spacial score (nSPS) is 38.0. The van der Waals surface area contributed by atoms with Crippen LogP contribution in [0, 0.1) is 28.6 Å². The molecule has 4 rings (SSSR count). The van der Waals surface area contributed by atoms with E-state index >= 15 is 0 Å². The number of carbonyl (C=O) groups is 5. The lowest BCUT2D eigenvalue weighted by molar-refractivity contribution is -0.205. The van der Waals surface area contributed by atoms with Crippen molar-refractivity contribution in [2.75, 3.05) is 13.2 Å². The third-order valence-corrected chi connectivity index (χ3v) is 9.34. The molecule has 1 unspecified atom stereocenters. The second-order valence-corrected chi connectivity index (χ2v) is 11.8. The Morgan fingerprint density at radius 1 is 1.02 bits per heavy atom. The van der Waals surface area contributed by atoms with E-state index < -0.39 is 58.4 Å². The van der Waals surface area contributed by atoms with Crippen molar-refractivity contribution in [2.45, 2.75) is 79.1 Å². The molecule has 2 saturated carbocycles. The summed E-state index contributed by atoms with van der Waals surface area (Å²) >= 11 is 0. The number of ether oxygens (including phenoxy) is 4. The molecule has 1 spiro atoms. The van der Waals surface area contributed by atoms with E-state index in [0.29, 0.717) is 17.6 Å². The Labute approximate surface area is 233 Å². The molecule has 8 atom stereocenters. The molecular weight excluding hydrogens is 520 g/mol. The molecule has 0 saturated heterocycles. The van der Waals surface area contributed by atoms with E-state index in [0.717, 1.165) is 0 Å². The molecule has 4 aliphatic rings. The number of aliphatic hydroxyl groups is 1. The number of rotatable bonds is 7. The Hall–Kier alpha value is -3.27. The largest absolute Gasteiger partial charge is 0.465 e. The van der Waals surface area contributed by atoms with E-state index in [1.807, 2.05) is 6.92 Å². The van der Waals surface area contributed by atoms with Crippen molar-refractivity contribution in [1.29, 1.82) is 0 Å². The molecule has 0 amide bonds. The van der Waals surface area contributed by atoms with Gasteiger partial charge in [0.1, 0.15) is 6.61 Å². The summed E-state index contributed by atoms with van der Waals surface area (Å²) in [5.41, 5.74) is -3.26. The highest BCUT2D eigenvalue weighted by Gasteiger charge is 2.76. The molecule has 40 heavy (non-hydrogen) atoms. The van der Waals surface area contributed by atoms with Gasteiger partial charge in [-0.2, -0.15) is 0 Å². The molecular formula is C30H38O10. The first-order valence-electron chi connectivity index (χ1n) is 13.6. The van der Waals surface area contributed by atoms with Crippen molar-refractivity contribution in [3.8, 4) is 0 Å². The summed E-state index contributed by atoms with van der Waals surface area (Å²) in [7, 11) is 0. The van der Waals surface area contributed by atoms with Gasteiger partial charge in [-0.3, -0.25) is 19.2 Å². The Balaban J connectivity index is 1.90. The third-order valence-electron chi connectivity index (χ3n) is 9.34. The Morgan fingerprint density at radius 2 is 1.68 bits per heavy atom. The van der Waals surface area contributed by atoms with Gasteiger partial charge >= 0.3 is 23.9 Å². The van der Waals surface area contributed by atoms with E-state index in [4.69, 9.17) is 18.9 Å². The lowest BCUT2D eigenvalue weighted by atomic mass is 9.63. The monoisotopic (exact) mass is 558 g/mol. The smallest absolute Gasteiger partial charge is 0.334 e. The minimum atomic E-state index is -2.20. The third kappa shape index (κ3) is 4.50. The zero-order chi connectivity index (χ0) is 29.8. The first kappa shape index (κ1) is 29.7. The van der Waals surface area contributed by atoms with Gasteiger partial charge in [0.25, 0.3) is 0 Å². The molecule has 2 bridgehead atoms. The number of carbonyl (C=O) groups excluding carboxylic acids is 5. The molecule has 10 heteroatoms. The predicted octanol–water partition coefficient (Wildman–Crippen LogP) is 2.77. The van der Waals surface area contributed by atoms with E-state index in [2.05, 4.69) is 0 Å². The van der Waals surface area contributed by atoms with E-state index in [1.165, 1.54) is 20.8 Å².